The van der Waals surface area contributed by atoms with Gasteiger partial charge in [0.2, 0.25) is 0 Å². The van der Waals surface area contributed by atoms with Crippen LogP contribution >= 0.6 is 0 Å². The predicted octanol–water partition coefficient (Wildman–Crippen LogP) is 2.71. The van der Waals surface area contributed by atoms with Crippen LogP contribution < -0.4 is 10.6 Å². The molecule has 1 aromatic heterocycles. The summed E-state index contributed by atoms with van der Waals surface area (Å²) in [5, 5.41) is 3.80. The van der Waals surface area contributed by atoms with Crippen LogP contribution in [-0.2, 0) is 15.8 Å². The molecule has 0 radical (unpaired) electrons. The largest absolute Gasteiger partial charge is 0.457 e. The molecular formula is C16H9F3N2O4. The van der Waals surface area contributed by atoms with E-state index in [1.165, 1.54) is 24.3 Å². The molecule has 1 aliphatic heterocycles. The maximum Gasteiger partial charge on any atom is 0.416 e. The summed E-state index contributed by atoms with van der Waals surface area (Å²) >= 11 is 0. The summed E-state index contributed by atoms with van der Waals surface area (Å²) in [4.78, 5) is 34.2. The van der Waals surface area contributed by atoms with Gasteiger partial charge in [-0.2, -0.15) is 13.2 Å². The van der Waals surface area contributed by atoms with Crippen LogP contribution in [0.1, 0.15) is 11.3 Å². The highest BCUT2D eigenvalue weighted by Gasteiger charge is 2.31. The minimum absolute atomic E-state index is 0.0714. The number of benzene rings is 1. The van der Waals surface area contributed by atoms with E-state index in [4.69, 9.17) is 4.42 Å². The van der Waals surface area contributed by atoms with Crippen molar-refractivity contribution in [3.63, 3.8) is 0 Å². The summed E-state index contributed by atoms with van der Waals surface area (Å²) in [6.45, 7) is 0. The molecule has 9 heteroatoms. The third kappa shape index (κ3) is 3.44. The zero-order chi connectivity index (χ0) is 18.2. The number of carbonyl (C=O) groups excluding carboxylic acids is 3. The molecule has 1 aliphatic rings. The van der Waals surface area contributed by atoms with E-state index in [0.29, 0.717) is 0 Å². The fraction of sp³-hybridized carbons (Fsp3) is 0.0625. The molecular weight excluding hydrogens is 341 g/mol. The quantitative estimate of drug-likeness (QED) is 0.644. The van der Waals surface area contributed by atoms with E-state index in [2.05, 4.69) is 0 Å². The number of imide groups is 2. The predicted molar refractivity (Wildman–Crippen MR) is 78.8 cm³/mol. The molecule has 0 unspecified atom stereocenters. The summed E-state index contributed by atoms with van der Waals surface area (Å²) < 4.78 is 43.7. The van der Waals surface area contributed by atoms with Gasteiger partial charge in [0.15, 0.2) is 0 Å². The SMILES string of the molecule is O=C1NC(=O)C(=Cc2ccc(-c3cccc(C(F)(F)F)c3)o2)C(=O)N1. The number of alkyl halides is 3. The number of barbiturate groups is 1. The van der Waals surface area contributed by atoms with E-state index in [-0.39, 0.29) is 22.7 Å². The lowest BCUT2D eigenvalue weighted by Crippen LogP contribution is -2.51. The second kappa shape index (κ2) is 5.93. The lowest BCUT2D eigenvalue weighted by atomic mass is 10.1. The van der Waals surface area contributed by atoms with Crippen LogP contribution in [-0.4, -0.2) is 17.8 Å². The number of amides is 4. The summed E-state index contributed by atoms with van der Waals surface area (Å²) in [6.07, 6.45) is -3.40. The van der Waals surface area contributed by atoms with Gasteiger partial charge in [0, 0.05) is 5.56 Å². The maximum atomic E-state index is 12.8. The van der Waals surface area contributed by atoms with Crippen LogP contribution in [0, 0.1) is 0 Å². The molecule has 0 bridgehead atoms. The Morgan fingerprint density at radius 3 is 2.28 bits per heavy atom. The maximum absolute atomic E-state index is 12.8. The standard InChI is InChI=1S/C16H9F3N2O4/c17-16(18,19)9-3-1-2-8(6-9)12-5-4-10(25-12)7-11-13(22)20-15(24)21-14(11)23/h1-7H,(H2,20,21,22,23,24). The number of furan rings is 1. The number of carbonyl (C=O) groups is 3. The highest BCUT2D eigenvalue weighted by Crippen LogP contribution is 2.32. The Hall–Kier alpha value is -3.36. The van der Waals surface area contributed by atoms with Gasteiger partial charge >= 0.3 is 12.2 Å². The van der Waals surface area contributed by atoms with Crippen LogP contribution in [0.5, 0.6) is 0 Å². The van der Waals surface area contributed by atoms with Crippen molar-refractivity contribution < 1.29 is 32.0 Å². The van der Waals surface area contributed by atoms with Crippen LogP contribution in [0.25, 0.3) is 17.4 Å². The van der Waals surface area contributed by atoms with E-state index < -0.39 is 29.6 Å². The molecule has 3 rings (SSSR count). The second-order valence-corrected chi connectivity index (χ2v) is 5.08. The fourth-order valence-corrected chi connectivity index (χ4v) is 2.18. The first-order valence-corrected chi connectivity index (χ1v) is 6.90. The van der Waals surface area contributed by atoms with Gasteiger partial charge in [-0.3, -0.25) is 20.2 Å². The lowest BCUT2D eigenvalue weighted by Gasteiger charge is -2.13. The summed E-state index contributed by atoms with van der Waals surface area (Å²) in [6, 6.07) is 6.40. The van der Waals surface area contributed by atoms with Crippen molar-refractivity contribution in [1.82, 2.24) is 10.6 Å². The Balaban J connectivity index is 1.91. The van der Waals surface area contributed by atoms with Crippen LogP contribution in [0.15, 0.2) is 46.4 Å². The molecule has 2 heterocycles. The summed E-state index contributed by atoms with van der Waals surface area (Å²) in [7, 11) is 0. The Kier molecular flexibility index (Phi) is 3.91. The molecule has 0 saturated carbocycles. The van der Waals surface area contributed by atoms with E-state index >= 15 is 0 Å². The van der Waals surface area contributed by atoms with Gasteiger partial charge in [0.1, 0.15) is 17.1 Å². The Morgan fingerprint density at radius 1 is 0.960 bits per heavy atom. The average Bonchev–Trinajstić information content (AvgIpc) is 2.99. The summed E-state index contributed by atoms with van der Waals surface area (Å²) in [5.41, 5.74) is -0.998. The Labute approximate surface area is 138 Å². The number of hydrogen-bond acceptors (Lipinski definition) is 4. The van der Waals surface area contributed by atoms with E-state index in [1.54, 1.807) is 0 Å². The van der Waals surface area contributed by atoms with Crippen molar-refractivity contribution >= 4 is 23.9 Å². The number of halogens is 3. The van der Waals surface area contributed by atoms with E-state index in [0.717, 1.165) is 18.2 Å². The molecule has 1 saturated heterocycles. The van der Waals surface area contributed by atoms with Gasteiger partial charge in [-0.1, -0.05) is 12.1 Å². The average molecular weight is 350 g/mol. The molecule has 4 amide bonds. The van der Waals surface area contributed by atoms with Gasteiger partial charge in [0.05, 0.1) is 5.56 Å². The van der Waals surface area contributed by atoms with Crippen molar-refractivity contribution in [3.05, 3.63) is 53.3 Å². The van der Waals surface area contributed by atoms with E-state index in [1.807, 2.05) is 10.6 Å². The fourth-order valence-electron chi connectivity index (χ4n) is 2.18. The molecule has 25 heavy (non-hydrogen) atoms. The van der Waals surface area contributed by atoms with Crippen molar-refractivity contribution in [3.8, 4) is 11.3 Å². The first-order valence-electron chi connectivity index (χ1n) is 6.90. The zero-order valence-electron chi connectivity index (χ0n) is 12.3. The van der Waals surface area contributed by atoms with Gasteiger partial charge in [0.25, 0.3) is 11.8 Å². The molecule has 0 aliphatic carbocycles. The minimum atomic E-state index is -4.49. The lowest BCUT2D eigenvalue weighted by molar-refractivity contribution is -0.137. The van der Waals surface area contributed by atoms with Crippen molar-refractivity contribution in [1.29, 1.82) is 0 Å². The van der Waals surface area contributed by atoms with Crippen molar-refractivity contribution in [2.24, 2.45) is 0 Å². The highest BCUT2D eigenvalue weighted by atomic mass is 19.4. The van der Waals surface area contributed by atoms with Crippen LogP contribution in [0.3, 0.4) is 0 Å². The highest BCUT2D eigenvalue weighted by molar-refractivity contribution is 6.31. The van der Waals surface area contributed by atoms with Gasteiger partial charge < -0.3 is 4.42 Å². The van der Waals surface area contributed by atoms with Crippen molar-refractivity contribution in [2.45, 2.75) is 6.18 Å². The third-order valence-electron chi connectivity index (χ3n) is 3.33. The van der Waals surface area contributed by atoms with Crippen LogP contribution in [0.2, 0.25) is 0 Å². The Bertz CT molecular complexity index is 890. The minimum Gasteiger partial charge on any atom is -0.457 e. The normalized spacial score (nSPS) is 15.0. The third-order valence-corrected chi connectivity index (χ3v) is 3.33. The molecule has 0 atom stereocenters. The zero-order valence-corrected chi connectivity index (χ0v) is 12.3. The molecule has 2 aromatic rings. The monoisotopic (exact) mass is 350 g/mol. The smallest absolute Gasteiger partial charge is 0.416 e. The topological polar surface area (TPSA) is 88.4 Å². The van der Waals surface area contributed by atoms with Crippen LogP contribution in [0.4, 0.5) is 18.0 Å². The first kappa shape index (κ1) is 16.5. The summed E-state index contributed by atoms with van der Waals surface area (Å²) in [5.74, 6) is -1.59. The number of nitrogens with one attached hydrogen (secondary N) is 2. The second-order valence-electron chi connectivity index (χ2n) is 5.08. The van der Waals surface area contributed by atoms with E-state index in [9.17, 15) is 27.6 Å². The molecule has 1 fully saturated rings. The number of urea groups is 1. The van der Waals surface area contributed by atoms with Gasteiger partial charge in [-0.15, -0.1) is 0 Å². The van der Waals surface area contributed by atoms with Gasteiger partial charge in [-0.05, 0) is 30.3 Å². The Morgan fingerprint density at radius 2 is 1.64 bits per heavy atom. The molecule has 128 valence electrons. The van der Waals surface area contributed by atoms with Gasteiger partial charge in [-0.25, -0.2) is 4.79 Å². The molecule has 6 nitrogen and oxygen atoms in total. The molecule has 1 aromatic carbocycles. The first-order chi connectivity index (χ1) is 11.7. The number of rotatable bonds is 2. The van der Waals surface area contributed by atoms with Crippen molar-refractivity contribution in [2.75, 3.05) is 0 Å². The number of hydrogen-bond donors (Lipinski definition) is 2. The molecule has 2 N–H and O–H groups in total. The molecule has 0 spiro atoms.